The van der Waals surface area contributed by atoms with E-state index in [-0.39, 0.29) is 5.82 Å². The first-order valence-corrected chi connectivity index (χ1v) is 3.88. The van der Waals surface area contributed by atoms with Gasteiger partial charge in [0.05, 0.1) is 0 Å². The lowest BCUT2D eigenvalue weighted by molar-refractivity contribution is 0.212. The largest absolute Gasteiger partial charge is 0.492 e. The number of carbonyl (C=O) groups excluding carboxylic acids is 1. The van der Waals surface area contributed by atoms with Gasteiger partial charge in [-0.1, -0.05) is 0 Å². The highest BCUT2D eigenvalue weighted by Gasteiger charge is 2.19. The molecule has 1 rings (SSSR count). The van der Waals surface area contributed by atoms with E-state index in [0.717, 1.165) is 0 Å². The van der Waals surface area contributed by atoms with E-state index >= 15 is 0 Å². The number of aromatic nitrogens is 2. The maximum atomic E-state index is 11.2. The fourth-order valence-corrected chi connectivity index (χ4v) is 0.960. The smallest absolute Gasteiger partial charge is 0.327 e. The van der Waals surface area contributed by atoms with Crippen LogP contribution in [-0.2, 0) is 0 Å². The number of aromatic amines is 2. The standard InChI is InChI=1S/C6H10N4O5/c11-1-7-6(15)10(2-12)3-4(13)9-5(14)8-3/h11-13H,1-2H2,(H,7,15)(H2,8,9,14). The maximum absolute atomic E-state index is 11.2. The molecule has 0 fully saturated rings. The molecule has 0 aromatic carbocycles. The first-order valence-electron chi connectivity index (χ1n) is 3.88. The van der Waals surface area contributed by atoms with Crippen LogP contribution in [0.5, 0.6) is 5.88 Å². The van der Waals surface area contributed by atoms with Crippen molar-refractivity contribution in [2.24, 2.45) is 0 Å². The van der Waals surface area contributed by atoms with Crippen molar-refractivity contribution in [3.05, 3.63) is 10.5 Å². The van der Waals surface area contributed by atoms with Crippen molar-refractivity contribution in [2.75, 3.05) is 18.4 Å². The number of aliphatic hydroxyl groups is 2. The van der Waals surface area contributed by atoms with Gasteiger partial charge in [-0.2, -0.15) is 0 Å². The van der Waals surface area contributed by atoms with Gasteiger partial charge in [-0.15, -0.1) is 0 Å². The third-order valence-electron chi connectivity index (χ3n) is 1.57. The van der Waals surface area contributed by atoms with E-state index in [0.29, 0.717) is 4.90 Å². The summed E-state index contributed by atoms with van der Waals surface area (Å²) in [6, 6.07) is -0.870. The van der Waals surface area contributed by atoms with Crippen LogP contribution in [0.25, 0.3) is 0 Å². The van der Waals surface area contributed by atoms with Crippen molar-refractivity contribution in [3.63, 3.8) is 0 Å². The summed E-state index contributed by atoms with van der Waals surface area (Å²) < 4.78 is 0. The summed E-state index contributed by atoms with van der Waals surface area (Å²) in [5.74, 6) is -0.865. The van der Waals surface area contributed by atoms with Gasteiger partial charge in [0.15, 0.2) is 5.82 Å². The molecule has 0 saturated carbocycles. The second kappa shape index (κ2) is 4.48. The molecule has 84 valence electrons. The molecule has 0 spiro atoms. The molecule has 0 aliphatic rings. The van der Waals surface area contributed by atoms with E-state index in [4.69, 9.17) is 15.3 Å². The minimum absolute atomic E-state index is 0.284. The van der Waals surface area contributed by atoms with Gasteiger partial charge >= 0.3 is 11.7 Å². The van der Waals surface area contributed by atoms with Gasteiger partial charge in [0.25, 0.3) is 0 Å². The third kappa shape index (κ3) is 2.27. The summed E-state index contributed by atoms with van der Waals surface area (Å²) >= 11 is 0. The summed E-state index contributed by atoms with van der Waals surface area (Å²) in [4.78, 5) is 26.6. The molecule has 6 N–H and O–H groups in total. The summed E-state index contributed by atoms with van der Waals surface area (Å²) in [7, 11) is 0. The Balaban J connectivity index is 2.96. The van der Waals surface area contributed by atoms with E-state index in [2.05, 4.69) is 4.98 Å². The van der Waals surface area contributed by atoms with Crippen LogP contribution in [0, 0.1) is 0 Å². The van der Waals surface area contributed by atoms with Gasteiger partial charge in [0.1, 0.15) is 13.5 Å². The number of carbonyl (C=O) groups is 1. The van der Waals surface area contributed by atoms with Crippen LogP contribution < -0.4 is 15.9 Å². The fraction of sp³-hybridized carbons (Fsp3) is 0.333. The van der Waals surface area contributed by atoms with Gasteiger partial charge in [-0.25, -0.2) is 9.59 Å². The first-order chi connectivity index (χ1) is 7.10. The Morgan fingerprint density at radius 2 is 2.07 bits per heavy atom. The molecule has 0 aliphatic heterocycles. The Labute approximate surface area is 83.0 Å². The lowest BCUT2D eigenvalue weighted by Gasteiger charge is -2.17. The number of H-pyrrole nitrogens is 2. The van der Waals surface area contributed by atoms with E-state index in [9.17, 15) is 9.59 Å². The lowest BCUT2D eigenvalue weighted by Crippen LogP contribution is -2.41. The highest BCUT2D eigenvalue weighted by atomic mass is 16.3. The number of urea groups is 1. The van der Waals surface area contributed by atoms with Crippen LogP contribution in [-0.4, -0.2) is 44.8 Å². The van der Waals surface area contributed by atoms with Crippen molar-refractivity contribution < 1.29 is 20.1 Å². The van der Waals surface area contributed by atoms with Gasteiger partial charge in [0.2, 0.25) is 5.88 Å². The number of amides is 2. The number of aromatic hydroxyl groups is 1. The lowest BCUT2D eigenvalue weighted by atomic mass is 10.6. The van der Waals surface area contributed by atoms with Crippen molar-refractivity contribution in [1.29, 1.82) is 0 Å². The summed E-state index contributed by atoms with van der Waals surface area (Å²) in [5, 5.41) is 28.4. The third-order valence-corrected chi connectivity index (χ3v) is 1.57. The zero-order chi connectivity index (χ0) is 11.4. The highest BCUT2D eigenvalue weighted by Crippen LogP contribution is 2.19. The number of anilines is 1. The minimum Gasteiger partial charge on any atom is -0.492 e. The topological polar surface area (TPSA) is 142 Å². The van der Waals surface area contributed by atoms with Crippen LogP contribution in [0.4, 0.5) is 10.6 Å². The van der Waals surface area contributed by atoms with Gasteiger partial charge in [-0.05, 0) is 0 Å². The van der Waals surface area contributed by atoms with Crippen molar-refractivity contribution in [2.45, 2.75) is 0 Å². The molecule has 15 heavy (non-hydrogen) atoms. The van der Waals surface area contributed by atoms with E-state index in [1.54, 1.807) is 0 Å². The molecule has 2 amide bonds. The second-order valence-corrected chi connectivity index (χ2v) is 2.49. The summed E-state index contributed by atoms with van der Waals surface area (Å²) in [5.41, 5.74) is -0.724. The molecule has 0 bridgehead atoms. The minimum atomic E-state index is -0.870. The number of aliphatic hydroxyl groups excluding tert-OH is 2. The summed E-state index contributed by atoms with van der Waals surface area (Å²) in [6.45, 7) is -1.40. The molecule has 0 aliphatic carbocycles. The molecule has 1 heterocycles. The second-order valence-electron chi connectivity index (χ2n) is 2.49. The van der Waals surface area contributed by atoms with Crippen LogP contribution in [0.1, 0.15) is 0 Å². The van der Waals surface area contributed by atoms with Gasteiger partial charge in [0, 0.05) is 0 Å². The molecule has 9 heteroatoms. The fourth-order valence-electron chi connectivity index (χ4n) is 0.960. The molecule has 0 atom stereocenters. The van der Waals surface area contributed by atoms with Crippen LogP contribution >= 0.6 is 0 Å². The maximum Gasteiger partial charge on any atom is 0.327 e. The van der Waals surface area contributed by atoms with Crippen molar-refractivity contribution in [1.82, 2.24) is 15.3 Å². The number of hydrogen-bond donors (Lipinski definition) is 6. The first kappa shape index (κ1) is 11.1. The van der Waals surface area contributed by atoms with Crippen LogP contribution in [0.15, 0.2) is 4.79 Å². The number of nitrogens with one attached hydrogen (secondary N) is 3. The molecular formula is C6H10N4O5. The van der Waals surface area contributed by atoms with E-state index in [1.807, 2.05) is 10.3 Å². The van der Waals surface area contributed by atoms with Crippen LogP contribution in [0.2, 0.25) is 0 Å². The van der Waals surface area contributed by atoms with E-state index in [1.165, 1.54) is 0 Å². The zero-order valence-electron chi connectivity index (χ0n) is 7.52. The number of imidazole rings is 1. The van der Waals surface area contributed by atoms with Gasteiger partial charge < -0.3 is 20.6 Å². The highest BCUT2D eigenvalue weighted by molar-refractivity contribution is 5.91. The van der Waals surface area contributed by atoms with E-state index < -0.39 is 31.1 Å². The van der Waals surface area contributed by atoms with Crippen molar-refractivity contribution in [3.8, 4) is 5.88 Å². The van der Waals surface area contributed by atoms with Gasteiger partial charge in [-0.3, -0.25) is 14.9 Å². The normalized spacial score (nSPS) is 10.0. The van der Waals surface area contributed by atoms with Crippen LogP contribution in [0.3, 0.4) is 0 Å². The summed E-state index contributed by atoms with van der Waals surface area (Å²) in [6.07, 6.45) is 0. The molecule has 0 saturated heterocycles. The number of hydrogen-bond acceptors (Lipinski definition) is 5. The average Bonchev–Trinajstić information content (AvgIpc) is 2.47. The molecule has 0 radical (unpaired) electrons. The predicted octanol–water partition coefficient (Wildman–Crippen LogP) is -2.18. The molecule has 1 aromatic rings. The monoisotopic (exact) mass is 218 g/mol. The Hall–Kier alpha value is -2.00. The molecule has 1 aromatic heterocycles. The Bertz CT molecular complexity index is 396. The Kier molecular flexibility index (Phi) is 3.31. The Morgan fingerprint density at radius 3 is 2.47 bits per heavy atom. The molecule has 9 nitrogen and oxygen atoms in total. The van der Waals surface area contributed by atoms with Crippen molar-refractivity contribution >= 4 is 11.8 Å². The predicted molar refractivity (Wildman–Crippen MR) is 48.3 cm³/mol. The molecule has 0 unspecified atom stereocenters. The molecular weight excluding hydrogens is 208 g/mol. The number of nitrogens with zero attached hydrogens (tertiary/aromatic N) is 1. The Morgan fingerprint density at radius 1 is 1.40 bits per heavy atom. The number of rotatable bonds is 3. The zero-order valence-corrected chi connectivity index (χ0v) is 7.52. The quantitative estimate of drug-likeness (QED) is 0.320. The SMILES string of the molecule is O=C(NCO)N(CO)c1[nH]c(=O)[nH]c1O. The average molecular weight is 218 g/mol.